The van der Waals surface area contributed by atoms with Crippen LogP contribution in [0.5, 0.6) is 5.75 Å². The maximum Gasteiger partial charge on any atom is 0.277 e. The number of anilines is 1. The molecule has 3 aromatic rings. The van der Waals surface area contributed by atoms with Gasteiger partial charge in [0.15, 0.2) is 17.1 Å². The number of imidazole rings is 1. The first-order valence-corrected chi connectivity index (χ1v) is 12.9. The molecule has 10 heteroatoms. The number of H-pyrrole nitrogens is 1. The van der Waals surface area contributed by atoms with Crippen molar-refractivity contribution in [2.24, 2.45) is 0 Å². The Balaban J connectivity index is 1.93. The lowest BCUT2D eigenvalue weighted by Crippen LogP contribution is -2.57. The SMILES string of the molecule is CCCc1nc(C)c2c(=O)[nH]c(-c3cc(N(C(C)=S)C4(C(=O)CC)CCOC4)ccc3OCC)nn12. The first-order chi connectivity index (χ1) is 17.3. The highest BCUT2D eigenvalue weighted by atomic mass is 32.1. The number of ether oxygens (including phenoxy) is 2. The lowest BCUT2D eigenvalue weighted by molar-refractivity contribution is -0.123. The first kappa shape index (κ1) is 26.0. The third kappa shape index (κ3) is 4.43. The summed E-state index contributed by atoms with van der Waals surface area (Å²) < 4.78 is 13.2. The van der Waals surface area contributed by atoms with Gasteiger partial charge in [-0.3, -0.25) is 9.59 Å². The molecule has 1 fully saturated rings. The molecule has 1 aliphatic heterocycles. The van der Waals surface area contributed by atoms with E-state index in [1.165, 1.54) is 0 Å². The predicted molar refractivity (Wildman–Crippen MR) is 143 cm³/mol. The molecule has 4 rings (SSSR count). The number of ketones is 1. The van der Waals surface area contributed by atoms with Crippen LogP contribution in [-0.2, 0) is 16.0 Å². The average Bonchev–Trinajstić information content (AvgIpc) is 3.45. The monoisotopic (exact) mass is 511 g/mol. The summed E-state index contributed by atoms with van der Waals surface area (Å²) >= 11 is 5.65. The maximum atomic E-state index is 13.2. The lowest BCUT2D eigenvalue weighted by atomic mass is 9.88. The Morgan fingerprint density at radius 1 is 1.33 bits per heavy atom. The molecule has 0 bridgehead atoms. The van der Waals surface area contributed by atoms with Crippen LogP contribution < -0.4 is 15.2 Å². The quantitative estimate of drug-likeness (QED) is 0.430. The van der Waals surface area contributed by atoms with Gasteiger partial charge in [0.25, 0.3) is 5.56 Å². The van der Waals surface area contributed by atoms with E-state index in [-0.39, 0.29) is 17.9 Å². The second kappa shape index (κ2) is 10.5. The minimum absolute atomic E-state index is 0.0747. The zero-order valence-corrected chi connectivity index (χ0v) is 22.3. The zero-order valence-electron chi connectivity index (χ0n) is 21.5. The van der Waals surface area contributed by atoms with Gasteiger partial charge in [0.05, 0.1) is 29.5 Å². The van der Waals surface area contributed by atoms with E-state index in [1.807, 2.05) is 50.8 Å². The predicted octanol–water partition coefficient (Wildman–Crippen LogP) is 4.04. The smallest absolute Gasteiger partial charge is 0.277 e. The number of nitrogens with zero attached hydrogens (tertiary/aromatic N) is 4. The summed E-state index contributed by atoms with van der Waals surface area (Å²) in [5.41, 5.74) is 1.24. The van der Waals surface area contributed by atoms with Gasteiger partial charge in [0.1, 0.15) is 17.1 Å². The van der Waals surface area contributed by atoms with Crippen molar-refractivity contribution in [2.75, 3.05) is 24.7 Å². The fraction of sp³-hybridized carbons (Fsp3) is 0.500. The molecular formula is C26H33N5O4S. The Hall–Kier alpha value is -3.11. The Labute approximate surface area is 215 Å². The highest BCUT2D eigenvalue weighted by molar-refractivity contribution is 7.80. The van der Waals surface area contributed by atoms with Crippen LogP contribution in [0.15, 0.2) is 23.0 Å². The molecule has 1 aliphatic rings. The number of hydrogen-bond acceptors (Lipinski definition) is 7. The molecule has 1 N–H and O–H groups in total. The van der Waals surface area contributed by atoms with E-state index in [4.69, 9.17) is 26.8 Å². The maximum absolute atomic E-state index is 13.2. The van der Waals surface area contributed by atoms with Gasteiger partial charge in [-0.05, 0) is 45.4 Å². The summed E-state index contributed by atoms with van der Waals surface area (Å²) in [6.07, 6.45) is 2.49. The van der Waals surface area contributed by atoms with E-state index in [2.05, 4.69) is 16.9 Å². The Kier molecular flexibility index (Phi) is 7.56. The number of aryl methyl sites for hydroxylation is 2. The van der Waals surface area contributed by atoms with Gasteiger partial charge in [-0.2, -0.15) is 0 Å². The molecule has 192 valence electrons. The topological polar surface area (TPSA) is 102 Å². The van der Waals surface area contributed by atoms with E-state index >= 15 is 0 Å². The molecule has 1 aromatic carbocycles. The molecule has 2 aromatic heterocycles. The number of benzene rings is 1. The Morgan fingerprint density at radius 3 is 2.72 bits per heavy atom. The number of aromatic nitrogens is 4. The van der Waals surface area contributed by atoms with Crippen molar-refractivity contribution in [2.45, 2.75) is 65.8 Å². The molecule has 3 heterocycles. The van der Waals surface area contributed by atoms with Crippen molar-refractivity contribution in [3.05, 3.63) is 40.1 Å². The summed E-state index contributed by atoms with van der Waals surface area (Å²) in [5, 5.41) is 4.78. The fourth-order valence-electron chi connectivity index (χ4n) is 5.00. The number of nitrogens with one attached hydrogen (secondary N) is 1. The third-order valence-electron chi connectivity index (χ3n) is 6.58. The highest BCUT2D eigenvalue weighted by Crippen LogP contribution is 2.38. The summed E-state index contributed by atoms with van der Waals surface area (Å²) in [6.45, 7) is 10.6. The number of fused-ring (bicyclic) bond motifs is 1. The molecule has 36 heavy (non-hydrogen) atoms. The summed E-state index contributed by atoms with van der Waals surface area (Å²) in [7, 11) is 0. The molecule has 1 saturated heterocycles. The van der Waals surface area contributed by atoms with Gasteiger partial charge in [0, 0.05) is 31.6 Å². The molecule has 1 atom stereocenters. The van der Waals surface area contributed by atoms with Crippen LogP contribution in [0.3, 0.4) is 0 Å². The van der Waals surface area contributed by atoms with E-state index in [0.29, 0.717) is 71.5 Å². The number of Topliss-reactive ketones (excluding diaryl/α,β-unsaturated/α-hetero) is 1. The number of rotatable bonds is 9. The molecule has 0 aliphatic carbocycles. The second-order valence-electron chi connectivity index (χ2n) is 9.01. The van der Waals surface area contributed by atoms with Crippen LogP contribution >= 0.6 is 12.2 Å². The van der Waals surface area contributed by atoms with Gasteiger partial charge in [0.2, 0.25) is 0 Å². The van der Waals surface area contributed by atoms with Gasteiger partial charge >= 0.3 is 0 Å². The van der Waals surface area contributed by atoms with Crippen LogP contribution in [0.1, 0.15) is 58.5 Å². The van der Waals surface area contributed by atoms with Crippen LogP contribution in [0.2, 0.25) is 0 Å². The number of carbonyl (C=O) groups excluding carboxylic acids is 1. The number of hydrogen-bond donors (Lipinski definition) is 1. The molecule has 0 saturated carbocycles. The van der Waals surface area contributed by atoms with Crippen LogP contribution in [0, 0.1) is 6.92 Å². The highest BCUT2D eigenvalue weighted by Gasteiger charge is 2.47. The van der Waals surface area contributed by atoms with Gasteiger partial charge < -0.3 is 19.4 Å². The molecule has 0 radical (unpaired) electrons. The fourth-order valence-corrected chi connectivity index (χ4v) is 5.28. The molecule has 1 unspecified atom stereocenters. The molecule has 0 spiro atoms. The Morgan fingerprint density at radius 2 is 2.11 bits per heavy atom. The summed E-state index contributed by atoms with van der Waals surface area (Å²) in [6, 6.07) is 5.58. The van der Waals surface area contributed by atoms with E-state index in [1.54, 1.807) is 4.52 Å². The largest absolute Gasteiger partial charge is 0.493 e. The third-order valence-corrected chi connectivity index (χ3v) is 6.76. The van der Waals surface area contributed by atoms with Crippen molar-refractivity contribution in [1.82, 2.24) is 19.6 Å². The van der Waals surface area contributed by atoms with Crippen molar-refractivity contribution >= 4 is 34.2 Å². The van der Waals surface area contributed by atoms with Crippen LogP contribution in [0.25, 0.3) is 16.9 Å². The molecule has 0 amide bonds. The van der Waals surface area contributed by atoms with Gasteiger partial charge in [-0.1, -0.05) is 26.1 Å². The second-order valence-corrected chi connectivity index (χ2v) is 9.60. The molecular weight excluding hydrogens is 478 g/mol. The van der Waals surface area contributed by atoms with Crippen molar-refractivity contribution in [3.63, 3.8) is 0 Å². The average molecular weight is 512 g/mol. The van der Waals surface area contributed by atoms with Crippen molar-refractivity contribution in [3.8, 4) is 17.1 Å². The normalized spacial score (nSPS) is 17.5. The lowest BCUT2D eigenvalue weighted by Gasteiger charge is -2.40. The summed E-state index contributed by atoms with van der Waals surface area (Å²) in [4.78, 5) is 36.2. The Bertz CT molecular complexity index is 1360. The minimum atomic E-state index is -0.870. The van der Waals surface area contributed by atoms with Crippen LogP contribution in [-0.4, -0.2) is 55.7 Å². The minimum Gasteiger partial charge on any atom is -0.493 e. The van der Waals surface area contributed by atoms with Crippen molar-refractivity contribution < 1.29 is 14.3 Å². The van der Waals surface area contributed by atoms with E-state index in [9.17, 15) is 9.59 Å². The standard InChI is InChI=1S/C26H33N5O4S/c1-6-9-22-27-16(4)23-25(33)28-24(29-31(22)23)19-14-18(10-11-20(19)35-8-3)30(17(5)36)26(21(32)7-2)12-13-34-15-26/h10-11,14H,6-9,12-13,15H2,1-5H3,(H,28,29,33). The van der Waals surface area contributed by atoms with Crippen molar-refractivity contribution in [1.29, 1.82) is 0 Å². The van der Waals surface area contributed by atoms with Gasteiger partial charge in [-0.25, -0.2) is 9.50 Å². The van der Waals surface area contributed by atoms with E-state index in [0.717, 1.165) is 12.2 Å². The number of thiocarbonyl (C=S) groups is 1. The summed E-state index contributed by atoms with van der Waals surface area (Å²) in [5.74, 6) is 1.73. The van der Waals surface area contributed by atoms with E-state index < -0.39 is 5.54 Å². The zero-order chi connectivity index (χ0) is 26.0. The molecule has 9 nitrogen and oxygen atoms in total. The van der Waals surface area contributed by atoms with Gasteiger partial charge in [-0.15, -0.1) is 5.10 Å². The number of aromatic amines is 1. The van der Waals surface area contributed by atoms with Crippen LogP contribution in [0.4, 0.5) is 5.69 Å². The number of carbonyl (C=O) groups is 1. The first-order valence-electron chi connectivity index (χ1n) is 12.4.